The van der Waals surface area contributed by atoms with E-state index in [1.54, 1.807) is 29.2 Å². The second-order valence-electron chi connectivity index (χ2n) is 9.54. The molecule has 3 aromatic rings. The molecule has 4 rings (SSSR count). The summed E-state index contributed by atoms with van der Waals surface area (Å²) >= 11 is 12.1. The average Bonchev–Trinajstić information content (AvgIpc) is 3.45. The zero-order chi connectivity index (χ0) is 25.9. The summed E-state index contributed by atoms with van der Waals surface area (Å²) in [5, 5.41) is 11.8. The summed E-state index contributed by atoms with van der Waals surface area (Å²) in [6.07, 6.45) is 5.58. The monoisotopic (exact) mass is 534 g/mol. The van der Waals surface area contributed by atoms with Crippen LogP contribution < -0.4 is 10.6 Å². The molecular formula is C24H28Cl2N6O4. The average molecular weight is 535 g/mol. The minimum atomic E-state index is -0.529. The van der Waals surface area contributed by atoms with Gasteiger partial charge in [0, 0.05) is 30.2 Å². The van der Waals surface area contributed by atoms with Crippen molar-refractivity contribution < 1.29 is 19.1 Å². The molecule has 12 heteroatoms. The van der Waals surface area contributed by atoms with Crippen LogP contribution in [0.5, 0.6) is 0 Å². The van der Waals surface area contributed by atoms with Crippen LogP contribution in [-0.4, -0.2) is 57.1 Å². The molecule has 3 heterocycles. The Morgan fingerprint density at radius 2 is 2.00 bits per heavy atom. The van der Waals surface area contributed by atoms with Gasteiger partial charge in [0.15, 0.2) is 0 Å². The Labute approximate surface area is 218 Å². The third-order valence-electron chi connectivity index (χ3n) is 5.48. The molecule has 192 valence electrons. The molecule has 1 aliphatic carbocycles. The van der Waals surface area contributed by atoms with Crippen LogP contribution in [0.2, 0.25) is 10.3 Å². The lowest BCUT2D eigenvalue weighted by Crippen LogP contribution is -2.34. The van der Waals surface area contributed by atoms with Gasteiger partial charge < -0.3 is 20.1 Å². The number of hydrogen-bond acceptors (Lipinski definition) is 7. The lowest BCUT2D eigenvalue weighted by atomic mass is 10.2. The van der Waals surface area contributed by atoms with Gasteiger partial charge in [0.25, 0.3) is 0 Å². The van der Waals surface area contributed by atoms with Crippen LogP contribution in [0.1, 0.15) is 38.7 Å². The van der Waals surface area contributed by atoms with Crippen LogP contribution in [0.3, 0.4) is 0 Å². The smallest absolute Gasteiger partial charge is 0.407 e. The van der Waals surface area contributed by atoms with E-state index in [0.29, 0.717) is 37.5 Å². The summed E-state index contributed by atoms with van der Waals surface area (Å²) in [6, 6.07) is 3.40. The van der Waals surface area contributed by atoms with Gasteiger partial charge in [-0.2, -0.15) is 5.10 Å². The molecule has 0 saturated heterocycles. The summed E-state index contributed by atoms with van der Waals surface area (Å²) in [5.74, 6) is 0.323. The Balaban J connectivity index is 1.19. The number of carbonyl (C=O) groups excluding carboxylic acids is 2. The molecule has 0 radical (unpaired) electrons. The fourth-order valence-corrected chi connectivity index (χ4v) is 4.20. The number of rotatable bonds is 9. The first-order chi connectivity index (χ1) is 17.1. The van der Waals surface area contributed by atoms with Crippen molar-refractivity contribution in [2.45, 2.75) is 45.3 Å². The molecule has 0 spiro atoms. The highest BCUT2D eigenvalue weighted by Gasteiger charge is 2.44. The standard InChI is InChI=1S/C24H28Cl2N6O4/c1-24(2,3)36-23(34)27-4-6-35-7-5-32-13-15(11-29-32)16-10-17(16)22(33)31-20-9-14-8-19(25)30-21(26)18(14)12-28-20/h8-9,11-13,16-17H,4-7,10H2,1-3H3,(H,27,34)(H,28,31,33)/t16-,17+/m1/s1. The van der Waals surface area contributed by atoms with E-state index in [0.717, 1.165) is 17.4 Å². The summed E-state index contributed by atoms with van der Waals surface area (Å²) in [4.78, 5) is 32.6. The van der Waals surface area contributed by atoms with Gasteiger partial charge in [0.1, 0.15) is 21.7 Å². The Kier molecular flexibility index (Phi) is 7.97. The summed E-state index contributed by atoms with van der Waals surface area (Å²) in [7, 11) is 0. The molecular weight excluding hydrogens is 507 g/mol. The molecule has 1 fully saturated rings. The molecule has 36 heavy (non-hydrogen) atoms. The van der Waals surface area contributed by atoms with Crippen LogP contribution >= 0.6 is 23.2 Å². The molecule has 3 aromatic heterocycles. The number of pyridine rings is 2. The maximum absolute atomic E-state index is 12.7. The molecule has 10 nitrogen and oxygen atoms in total. The fourth-order valence-electron chi connectivity index (χ4n) is 3.71. The number of carbonyl (C=O) groups is 2. The van der Waals surface area contributed by atoms with Gasteiger partial charge >= 0.3 is 6.09 Å². The largest absolute Gasteiger partial charge is 0.444 e. The van der Waals surface area contributed by atoms with Gasteiger partial charge in [-0.15, -0.1) is 0 Å². The molecule has 0 unspecified atom stereocenters. The number of anilines is 1. The number of nitrogens with zero attached hydrogens (tertiary/aromatic N) is 4. The van der Waals surface area contributed by atoms with Gasteiger partial charge in [-0.1, -0.05) is 23.2 Å². The van der Waals surface area contributed by atoms with Crippen LogP contribution in [0.25, 0.3) is 10.8 Å². The van der Waals surface area contributed by atoms with Crippen LogP contribution in [0.4, 0.5) is 10.6 Å². The van der Waals surface area contributed by atoms with Gasteiger partial charge in [0.2, 0.25) is 5.91 Å². The van der Waals surface area contributed by atoms with E-state index in [1.807, 2.05) is 27.0 Å². The molecule has 0 bridgehead atoms. The highest BCUT2D eigenvalue weighted by Crippen LogP contribution is 2.47. The Bertz CT molecular complexity index is 1260. The van der Waals surface area contributed by atoms with Crippen molar-refractivity contribution in [3.63, 3.8) is 0 Å². The molecule has 0 aromatic carbocycles. The lowest BCUT2D eigenvalue weighted by molar-refractivity contribution is -0.117. The second kappa shape index (κ2) is 11.0. The van der Waals surface area contributed by atoms with Gasteiger partial charge in [-0.25, -0.2) is 14.8 Å². The Morgan fingerprint density at radius 1 is 1.19 bits per heavy atom. The maximum Gasteiger partial charge on any atom is 0.407 e. The second-order valence-corrected chi connectivity index (χ2v) is 10.3. The number of nitrogens with one attached hydrogen (secondary N) is 2. The van der Waals surface area contributed by atoms with E-state index < -0.39 is 11.7 Å². The number of halogens is 2. The van der Waals surface area contributed by atoms with Crippen molar-refractivity contribution >= 4 is 51.8 Å². The highest BCUT2D eigenvalue weighted by molar-refractivity contribution is 6.36. The van der Waals surface area contributed by atoms with Crippen molar-refractivity contribution in [1.82, 2.24) is 25.1 Å². The molecule has 1 saturated carbocycles. The van der Waals surface area contributed by atoms with Gasteiger partial charge in [-0.3, -0.25) is 9.48 Å². The van der Waals surface area contributed by atoms with Crippen molar-refractivity contribution in [1.29, 1.82) is 0 Å². The van der Waals surface area contributed by atoms with Crippen LogP contribution in [-0.2, 0) is 20.8 Å². The normalized spacial score (nSPS) is 17.1. The van der Waals surface area contributed by atoms with Gasteiger partial charge in [0.05, 0.1) is 26.0 Å². The summed E-state index contributed by atoms with van der Waals surface area (Å²) in [5.41, 5.74) is 0.483. The van der Waals surface area contributed by atoms with E-state index in [2.05, 4.69) is 25.7 Å². The SMILES string of the molecule is CC(C)(C)OC(=O)NCCOCCn1cc([C@H]2C[C@@H]2C(=O)Nc2cc3cc(Cl)nc(Cl)c3cn2)cn1. The minimum Gasteiger partial charge on any atom is -0.444 e. The quantitative estimate of drug-likeness (QED) is 0.308. The number of aromatic nitrogens is 4. The molecule has 2 atom stereocenters. The maximum atomic E-state index is 12.7. The van der Waals surface area contributed by atoms with Crippen LogP contribution in [0.15, 0.2) is 30.7 Å². The van der Waals surface area contributed by atoms with Crippen molar-refractivity contribution in [2.24, 2.45) is 5.92 Å². The molecule has 0 aliphatic heterocycles. The molecule has 2 amide bonds. The minimum absolute atomic E-state index is 0.0910. The third-order valence-corrected chi connectivity index (χ3v) is 5.96. The number of hydrogen-bond donors (Lipinski definition) is 2. The van der Waals surface area contributed by atoms with Crippen molar-refractivity contribution in [3.8, 4) is 0 Å². The molecule has 1 aliphatic rings. The number of amides is 2. The number of ether oxygens (including phenoxy) is 2. The van der Waals surface area contributed by atoms with E-state index in [9.17, 15) is 9.59 Å². The zero-order valence-electron chi connectivity index (χ0n) is 20.3. The highest BCUT2D eigenvalue weighted by atomic mass is 35.5. The van der Waals surface area contributed by atoms with E-state index >= 15 is 0 Å². The van der Waals surface area contributed by atoms with Crippen LogP contribution in [0, 0.1) is 5.92 Å². The molecule has 2 N–H and O–H groups in total. The summed E-state index contributed by atoms with van der Waals surface area (Å²) < 4.78 is 12.5. The lowest BCUT2D eigenvalue weighted by Gasteiger charge is -2.19. The predicted molar refractivity (Wildman–Crippen MR) is 136 cm³/mol. The zero-order valence-corrected chi connectivity index (χ0v) is 21.8. The Morgan fingerprint density at radius 3 is 2.78 bits per heavy atom. The van der Waals surface area contributed by atoms with E-state index in [1.165, 1.54) is 0 Å². The topological polar surface area (TPSA) is 120 Å². The van der Waals surface area contributed by atoms with E-state index in [-0.39, 0.29) is 28.0 Å². The predicted octanol–water partition coefficient (Wildman–Crippen LogP) is 4.42. The van der Waals surface area contributed by atoms with Crippen molar-refractivity contribution in [3.05, 3.63) is 46.6 Å². The first-order valence-electron chi connectivity index (χ1n) is 11.6. The van der Waals surface area contributed by atoms with E-state index in [4.69, 9.17) is 32.7 Å². The third kappa shape index (κ3) is 7.05. The number of fused-ring (bicyclic) bond motifs is 1. The van der Waals surface area contributed by atoms with Crippen molar-refractivity contribution in [2.75, 3.05) is 25.1 Å². The fraction of sp³-hybridized carbons (Fsp3) is 0.458. The van der Waals surface area contributed by atoms with Gasteiger partial charge in [-0.05, 0) is 56.2 Å². The number of alkyl carbamates (subject to hydrolysis) is 1. The summed E-state index contributed by atoms with van der Waals surface area (Å²) in [6.45, 7) is 7.18. The first-order valence-corrected chi connectivity index (χ1v) is 12.3. The first kappa shape index (κ1) is 26.1. The Hall–Kier alpha value is -2.95.